The average molecular weight is 190 g/mol. The molecule has 2 rings (SSSR count). The lowest BCUT2D eigenvalue weighted by Gasteiger charge is -2.16. The number of aliphatic hydroxyl groups excluding tert-OH is 1. The fraction of sp³-hybridized carbons (Fsp3) is 0.333. The van der Waals surface area contributed by atoms with Crippen LogP contribution in [0.1, 0.15) is 17.9 Å². The van der Waals surface area contributed by atoms with E-state index in [1.54, 1.807) is 7.11 Å². The van der Waals surface area contributed by atoms with Crippen LogP contribution in [0, 0.1) is 0 Å². The first-order valence-electron chi connectivity index (χ1n) is 4.80. The molecule has 0 fully saturated rings. The lowest BCUT2D eigenvalue weighted by molar-refractivity contribution is 0.170. The quantitative estimate of drug-likeness (QED) is 0.724. The van der Waals surface area contributed by atoms with Crippen molar-refractivity contribution in [3.05, 3.63) is 42.0 Å². The maximum Gasteiger partial charge on any atom is 0.122 e. The van der Waals surface area contributed by atoms with Crippen LogP contribution in [-0.4, -0.2) is 18.3 Å². The van der Waals surface area contributed by atoms with Gasteiger partial charge in [0.2, 0.25) is 0 Å². The van der Waals surface area contributed by atoms with E-state index in [0.717, 1.165) is 17.7 Å². The number of benzene rings is 1. The molecule has 2 atom stereocenters. The highest BCUT2D eigenvalue weighted by molar-refractivity contribution is 5.40. The third-order valence-corrected chi connectivity index (χ3v) is 2.63. The van der Waals surface area contributed by atoms with Crippen LogP contribution in [0.5, 0.6) is 5.75 Å². The summed E-state index contributed by atoms with van der Waals surface area (Å²) in [6.45, 7) is 0. The van der Waals surface area contributed by atoms with Gasteiger partial charge in [-0.05, 0) is 12.5 Å². The second-order valence-electron chi connectivity index (χ2n) is 3.50. The number of aliphatic hydroxyl groups is 1. The van der Waals surface area contributed by atoms with Crippen LogP contribution >= 0.6 is 0 Å². The van der Waals surface area contributed by atoms with Crippen molar-refractivity contribution in [3.8, 4) is 5.75 Å². The van der Waals surface area contributed by atoms with E-state index in [4.69, 9.17) is 4.74 Å². The van der Waals surface area contributed by atoms with Gasteiger partial charge >= 0.3 is 0 Å². The Hall–Kier alpha value is -1.28. The molecule has 1 aromatic carbocycles. The first kappa shape index (κ1) is 9.28. The van der Waals surface area contributed by atoms with Gasteiger partial charge in [0.1, 0.15) is 5.75 Å². The molecule has 0 unspecified atom stereocenters. The molecule has 0 saturated heterocycles. The second kappa shape index (κ2) is 3.84. The largest absolute Gasteiger partial charge is 0.496 e. The van der Waals surface area contributed by atoms with Gasteiger partial charge in [0.05, 0.1) is 13.2 Å². The molecule has 0 saturated carbocycles. The zero-order valence-corrected chi connectivity index (χ0v) is 8.18. The summed E-state index contributed by atoms with van der Waals surface area (Å²) >= 11 is 0. The van der Waals surface area contributed by atoms with Gasteiger partial charge < -0.3 is 9.84 Å². The minimum absolute atomic E-state index is 0.0890. The van der Waals surface area contributed by atoms with Gasteiger partial charge in [0.15, 0.2) is 0 Å². The first-order valence-corrected chi connectivity index (χ1v) is 4.80. The Morgan fingerprint density at radius 3 is 2.79 bits per heavy atom. The molecule has 14 heavy (non-hydrogen) atoms. The maximum absolute atomic E-state index is 9.74. The second-order valence-corrected chi connectivity index (χ2v) is 3.50. The number of ether oxygens (including phenoxy) is 1. The standard InChI is InChI=1S/C12H14O2/c1-14-12-8-3-2-5-10(12)9-6-4-7-11(9)13/h2-6,8-9,11,13H,7H2,1H3/t9-,11-/m0/s1. The maximum atomic E-state index is 9.74. The van der Waals surface area contributed by atoms with E-state index in [1.165, 1.54) is 0 Å². The number of rotatable bonds is 2. The average Bonchev–Trinajstić information content (AvgIpc) is 2.64. The summed E-state index contributed by atoms with van der Waals surface area (Å²) < 4.78 is 5.26. The Kier molecular flexibility index (Phi) is 2.55. The van der Waals surface area contributed by atoms with Crippen molar-refractivity contribution in [2.24, 2.45) is 0 Å². The highest BCUT2D eigenvalue weighted by Crippen LogP contribution is 2.34. The molecule has 0 amide bonds. The van der Waals surface area contributed by atoms with Gasteiger partial charge in [-0.1, -0.05) is 30.4 Å². The number of para-hydroxylation sites is 1. The molecule has 0 heterocycles. The minimum atomic E-state index is -0.300. The van der Waals surface area contributed by atoms with Crippen LogP contribution in [-0.2, 0) is 0 Å². The summed E-state index contributed by atoms with van der Waals surface area (Å²) in [7, 11) is 1.66. The van der Waals surface area contributed by atoms with E-state index < -0.39 is 0 Å². The molecule has 0 aromatic heterocycles. The topological polar surface area (TPSA) is 29.5 Å². The zero-order chi connectivity index (χ0) is 9.97. The van der Waals surface area contributed by atoms with Gasteiger partial charge in [0.25, 0.3) is 0 Å². The molecule has 0 spiro atoms. The van der Waals surface area contributed by atoms with Crippen molar-refractivity contribution in [2.75, 3.05) is 7.11 Å². The molecule has 0 aliphatic heterocycles. The Labute approximate surface area is 83.8 Å². The summed E-state index contributed by atoms with van der Waals surface area (Å²) in [5.41, 5.74) is 1.07. The van der Waals surface area contributed by atoms with Gasteiger partial charge in [-0.15, -0.1) is 0 Å². The van der Waals surface area contributed by atoms with E-state index in [0.29, 0.717) is 0 Å². The summed E-state index contributed by atoms with van der Waals surface area (Å²) in [6, 6.07) is 7.83. The lowest BCUT2D eigenvalue weighted by atomic mass is 9.95. The van der Waals surface area contributed by atoms with Crippen LogP contribution in [0.25, 0.3) is 0 Å². The molecular formula is C12H14O2. The van der Waals surface area contributed by atoms with E-state index in [1.807, 2.05) is 36.4 Å². The third-order valence-electron chi connectivity index (χ3n) is 2.63. The lowest BCUT2D eigenvalue weighted by Crippen LogP contribution is -2.12. The Morgan fingerprint density at radius 1 is 1.36 bits per heavy atom. The van der Waals surface area contributed by atoms with Crippen LogP contribution < -0.4 is 4.74 Å². The molecule has 0 bridgehead atoms. The van der Waals surface area contributed by atoms with E-state index in [2.05, 4.69) is 0 Å². The fourth-order valence-corrected chi connectivity index (χ4v) is 1.89. The zero-order valence-electron chi connectivity index (χ0n) is 8.18. The van der Waals surface area contributed by atoms with E-state index >= 15 is 0 Å². The number of methoxy groups -OCH3 is 1. The molecule has 74 valence electrons. The SMILES string of the molecule is COc1ccccc1[C@@H]1C=CC[C@@H]1O. The molecular weight excluding hydrogens is 176 g/mol. The van der Waals surface area contributed by atoms with E-state index in [9.17, 15) is 5.11 Å². The monoisotopic (exact) mass is 190 g/mol. The Morgan fingerprint density at radius 2 is 2.14 bits per heavy atom. The fourth-order valence-electron chi connectivity index (χ4n) is 1.89. The molecule has 1 aliphatic rings. The smallest absolute Gasteiger partial charge is 0.122 e. The summed E-state index contributed by atoms with van der Waals surface area (Å²) in [5, 5.41) is 9.74. The molecule has 2 heteroatoms. The third kappa shape index (κ3) is 1.53. The predicted molar refractivity (Wildman–Crippen MR) is 55.5 cm³/mol. The Bertz CT molecular complexity index is 344. The van der Waals surface area contributed by atoms with Crippen LogP contribution in [0.3, 0.4) is 0 Å². The van der Waals surface area contributed by atoms with Gasteiger partial charge in [-0.25, -0.2) is 0 Å². The predicted octanol–water partition coefficient (Wildman–Crippen LogP) is 2.10. The molecule has 1 aliphatic carbocycles. The highest BCUT2D eigenvalue weighted by Gasteiger charge is 2.24. The molecule has 1 aromatic rings. The van der Waals surface area contributed by atoms with Crippen molar-refractivity contribution in [2.45, 2.75) is 18.4 Å². The van der Waals surface area contributed by atoms with Gasteiger partial charge in [-0.2, -0.15) is 0 Å². The van der Waals surface area contributed by atoms with Gasteiger partial charge in [-0.3, -0.25) is 0 Å². The highest BCUT2D eigenvalue weighted by atomic mass is 16.5. The summed E-state index contributed by atoms with van der Waals surface area (Å²) in [4.78, 5) is 0. The van der Waals surface area contributed by atoms with Crippen LogP contribution in [0.4, 0.5) is 0 Å². The first-order chi connectivity index (χ1) is 6.83. The molecule has 1 N–H and O–H groups in total. The van der Waals surface area contributed by atoms with Crippen LogP contribution in [0.2, 0.25) is 0 Å². The van der Waals surface area contributed by atoms with Crippen molar-refractivity contribution in [1.82, 2.24) is 0 Å². The van der Waals surface area contributed by atoms with Crippen molar-refractivity contribution in [3.63, 3.8) is 0 Å². The number of hydrogen-bond acceptors (Lipinski definition) is 2. The summed E-state index contributed by atoms with van der Waals surface area (Å²) in [5.74, 6) is 0.939. The summed E-state index contributed by atoms with van der Waals surface area (Å²) in [6.07, 6.45) is 4.50. The molecule has 0 radical (unpaired) electrons. The Balaban J connectivity index is 2.35. The minimum Gasteiger partial charge on any atom is -0.496 e. The number of hydrogen-bond donors (Lipinski definition) is 1. The van der Waals surface area contributed by atoms with Crippen molar-refractivity contribution >= 4 is 0 Å². The van der Waals surface area contributed by atoms with Crippen molar-refractivity contribution in [1.29, 1.82) is 0 Å². The molecule has 2 nitrogen and oxygen atoms in total. The van der Waals surface area contributed by atoms with Gasteiger partial charge in [0, 0.05) is 11.5 Å². The van der Waals surface area contributed by atoms with E-state index in [-0.39, 0.29) is 12.0 Å². The van der Waals surface area contributed by atoms with Crippen molar-refractivity contribution < 1.29 is 9.84 Å². The van der Waals surface area contributed by atoms with Crippen LogP contribution in [0.15, 0.2) is 36.4 Å². The normalized spacial score (nSPS) is 25.3.